The third-order valence-electron chi connectivity index (χ3n) is 5.50. The molecule has 4 heteroatoms. The van der Waals surface area contributed by atoms with Gasteiger partial charge in [0.2, 0.25) is 0 Å². The van der Waals surface area contributed by atoms with E-state index in [9.17, 15) is 0 Å². The van der Waals surface area contributed by atoms with Crippen molar-refractivity contribution in [2.75, 3.05) is 6.61 Å². The first-order chi connectivity index (χ1) is 14.7. The topological polar surface area (TPSA) is 33.7 Å². The zero-order chi connectivity index (χ0) is 20.5. The van der Waals surface area contributed by atoms with E-state index in [1.807, 2.05) is 24.3 Å². The van der Waals surface area contributed by atoms with E-state index < -0.39 is 0 Å². The Balaban J connectivity index is 1.49. The van der Waals surface area contributed by atoms with Gasteiger partial charge in [0.25, 0.3) is 0 Å². The first-order valence-electron chi connectivity index (χ1n) is 10.2. The smallest absolute Gasteiger partial charge is 0.195 e. The van der Waals surface area contributed by atoms with Gasteiger partial charge in [0.15, 0.2) is 6.23 Å². The maximum Gasteiger partial charge on any atom is 0.195 e. The van der Waals surface area contributed by atoms with E-state index >= 15 is 0 Å². The van der Waals surface area contributed by atoms with Crippen LogP contribution in [0.25, 0.3) is 5.70 Å². The lowest BCUT2D eigenvalue weighted by Gasteiger charge is -2.39. The van der Waals surface area contributed by atoms with Crippen LogP contribution in [-0.4, -0.2) is 11.6 Å². The number of hydrazine groups is 1. The molecule has 4 nitrogen and oxygen atoms in total. The number of hydrogen-bond acceptors (Lipinski definition) is 4. The molecular weight excluding hydrogens is 372 g/mol. The third-order valence-corrected chi connectivity index (χ3v) is 5.50. The zero-order valence-corrected chi connectivity index (χ0v) is 16.9. The second kappa shape index (κ2) is 7.73. The molecule has 2 heterocycles. The van der Waals surface area contributed by atoms with Gasteiger partial charge in [-0.3, -0.25) is 0 Å². The molecule has 2 atom stereocenters. The number of fused-ring (bicyclic) bond motifs is 3. The van der Waals surface area contributed by atoms with Crippen molar-refractivity contribution in [3.63, 3.8) is 0 Å². The molecule has 0 aliphatic carbocycles. The van der Waals surface area contributed by atoms with Crippen molar-refractivity contribution < 1.29 is 9.47 Å². The summed E-state index contributed by atoms with van der Waals surface area (Å²) in [4.78, 5) is 0. The highest BCUT2D eigenvalue weighted by Gasteiger charge is 2.39. The van der Waals surface area contributed by atoms with Crippen molar-refractivity contribution in [3.05, 3.63) is 114 Å². The molecule has 5 rings (SSSR count). The number of benzene rings is 3. The van der Waals surface area contributed by atoms with Crippen LogP contribution in [0.15, 0.2) is 91.5 Å². The van der Waals surface area contributed by atoms with Crippen LogP contribution in [-0.2, 0) is 0 Å². The van der Waals surface area contributed by atoms with E-state index in [0.717, 1.165) is 28.3 Å². The molecule has 2 aliphatic rings. The van der Waals surface area contributed by atoms with Crippen molar-refractivity contribution in [1.82, 2.24) is 10.4 Å². The van der Waals surface area contributed by atoms with E-state index in [1.165, 1.54) is 11.1 Å². The number of nitrogens with one attached hydrogen (secondary N) is 1. The van der Waals surface area contributed by atoms with Gasteiger partial charge in [-0.15, -0.1) is 0 Å². The van der Waals surface area contributed by atoms with E-state index in [1.54, 1.807) is 6.08 Å². The van der Waals surface area contributed by atoms with Crippen LogP contribution in [0.4, 0.5) is 0 Å². The van der Waals surface area contributed by atoms with Crippen molar-refractivity contribution in [1.29, 1.82) is 0 Å². The van der Waals surface area contributed by atoms with Gasteiger partial charge in [-0.25, -0.2) is 0 Å². The minimum Gasteiger partial charge on any atom is -0.490 e. The molecule has 0 saturated carbocycles. The van der Waals surface area contributed by atoms with Gasteiger partial charge in [-0.2, -0.15) is 5.01 Å². The van der Waals surface area contributed by atoms with E-state index in [0.29, 0.717) is 6.61 Å². The predicted octanol–water partition coefficient (Wildman–Crippen LogP) is 5.55. The second-order valence-corrected chi connectivity index (χ2v) is 7.59. The van der Waals surface area contributed by atoms with E-state index in [-0.39, 0.29) is 12.3 Å². The molecule has 0 fully saturated rings. The van der Waals surface area contributed by atoms with E-state index in [2.05, 4.69) is 78.5 Å². The van der Waals surface area contributed by atoms with Gasteiger partial charge < -0.3 is 14.9 Å². The summed E-state index contributed by atoms with van der Waals surface area (Å²) in [6.07, 6.45) is 3.77. The number of rotatable bonds is 5. The Kier molecular flexibility index (Phi) is 4.77. The lowest BCUT2D eigenvalue weighted by Crippen LogP contribution is -2.43. The molecule has 1 N–H and O–H groups in total. The normalized spacial score (nSPS) is 19.7. The monoisotopic (exact) mass is 396 g/mol. The molecule has 0 amide bonds. The molecule has 0 saturated heterocycles. The molecule has 30 heavy (non-hydrogen) atoms. The van der Waals surface area contributed by atoms with Crippen molar-refractivity contribution >= 4 is 5.70 Å². The Morgan fingerprint density at radius 3 is 2.57 bits per heavy atom. The fourth-order valence-electron chi connectivity index (χ4n) is 3.94. The summed E-state index contributed by atoms with van der Waals surface area (Å²) in [5.74, 6) is 1.73. The number of ether oxygens (including phenoxy) is 2. The Labute approximate surface area is 177 Å². The Hall–Kier alpha value is -3.50. The predicted molar refractivity (Wildman–Crippen MR) is 119 cm³/mol. The maximum atomic E-state index is 6.43. The van der Waals surface area contributed by atoms with Gasteiger partial charge in [0.05, 0.1) is 11.7 Å². The van der Waals surface area contributed by atoms with Crippen molar-refractivity contribution in [2.45, 2.75) is 19.2 Å². The highest BCUT2D eigenvalue weighted by Crippen LogP contribution is 2.45. The molecule has 0 spiro atoms. The molecule has 0 radical (unpaired) electrons. The van der Waals surface area contributed by atoms with Crippen molar-refractivity contribution in [2.24, 2.45) is 0 Å². The third kappa shape index (κ3) is 3.36. The van der Waals surface area contributed by atoms with Crippen molar-refractivity contribution in [3.8, 4) is 11.5 Å². The summed E-state index contributed by atoms with van der Waals surface area (Å²) in [7, 11) is 0. The van der Waals surface area contributed by atoms with Crippen LogP contribution >= 0.6 is 0 Å². The lowest BCUT2D eigenvalue weighted by molar-refractivity contribution is -0.0326. The summed E-state index contributed by atoms with van der Waals surface area (Å²) in [6.45, 7) is 6.29. The minimum absolute atomic E-state index is 0.0907. The number of para-hydroxylation sites is 1. The molecule has 3 aromatic rings. The summed E-state index contributed by atoms with van der Waals surface area (Å²) in [6, 6.07) is 25.0. The Morgan fingerprint density at radius 2 is 1.80 bits per heavy atom. The van der Waals surface area contributed by atoms with Crippen LogP contribution in [0.3, 0.4) is 0 Å². The summed E-state index contributed by atoms with van der Waals surface area (Å²) in [5, 5.41) is 2.18. The Morgan fingerprint density at radius 1 is 1.03 bits per heavy atom. The van der Waals surface area contributed by atoms with Crippen LogP contribution in [0.1, 0.15) is 34.5 Å². The average Bonchev–Trinajstić information content (AvgIpc) is 3.24. The summed E-state index contributed by atoms with van der Waals surface area (Å²) in [5.41, 5.74) is 9.33. The maximum absolute atomic E-state index is 6.43. The molecule has 0 unspecified atom stereocenters. The van der Waals surface area contributed by atoms with Gasteiger partial charge in [0.1, 0.15) is 18.1 Å². The highest BCUT2D eigenvalue weighted by molar-refractivity contribution is 5.67. The van der Waals surface area contributed by atoms with Crippen LogP contribution in [0, 0.1) is 6.92 Å². The number of nitrogens with zero attached hydrogens (tertiary/aromatic N) is 1. The Bertz CT molecular complexity index is 1090. The number of aryl methyl sites for hydroxylation is 1. The second-order valence-electron chi connectivity index (χ2n) is 7.59. The minimum atomic E-state index is -0.252. The van der Waals surface area contributed by atoms with Crippen LogP contribution in [0.2, 0.25) is 0 Å². The first-order valence-corrected chi connectivity index (χ1v) is 10.2. The molecule has 2 aliphatic heterocycles. The summed E-state index contributed by atoms with van der Waals surface area (Å²) < 4.78 is 12.1. The zero-order valence-electron chi connectivity index (χ0n) is 16.9. The largest absolute Gasteiger partial charge is 0.490 e. The highest BCUT2D eigenvalue weighted by atomic mass is 16.5. The molecule has 0 aromatic heterocycles. The van der Waals surface area contributed by atoms with Gasteiger partial charge in [-0.05, 0) is 36.8 Å². The fourth-order valence-corrected chi connectivity index (χ4v) is 3.94. The lowest BCUT2D eigenvalue weighted by atomic mass is 10.0. The summed E-state index contributed by atoms with van der Waals surface area (Å²) >= 11 is 0. The van der Waals surface area contributed by atoms with Gasteiger partial charge >= 0.3 is 0 Å². The molecule has 150 valence electrons. The van der Waals surface area contributed by atoms with Crippen LogP contribution in [0.5, 0.6) is 11.5 Å². The molecule has 0 bridgehead atoms. The quantitative estimate of drug-likeness (QED) is 0.573. The van der Waals surface area contributed by atoms with Crippen LogP contribution < -0.4 is 14.9 Å². The van der Waals surface area contributed by atoms with Gasteiger partial charge in [-0.1, -0.05) is 72.8 Å². The standard InChI is InChI=1S/C26H24N2O2/c1-3-16-29-21-14-12-20(13-15-21)26-28-24(22-6-4-5-7-25(22)30-26)17-23(27-28)19-10-8-18(2)9-11-19/h3-15,17,24,26-27H,1,16H2,2H3/t24-,26+/m1/s1. The molecular formula is C26H24N2O2. The fraction of sp³-hybridized carbons (Fsp3) is 0.154. The van der Waals surface area contributed by atoms with E-state index in [4.69, 9.17) is 9.47 Å². The SMILES string of the molecule is C=CCOc1ccc([C@@H]2Oc3ccccc3[C@H]3C=C(c4ccc(C)cc4)NN32)cc1. The first kappa shape index (κ1) is 18.5. The average molecular weight is 396 g/mol. The molecule has 3 aromatic carbocycles. The van der Waals surface area contributed by atoms with Gasteiger partial charge in [0, 0.05) is 11.1 Å². The number of hydrogen-bond donors (Lipinski definition) is 1.